The molecule has 8 heteroatoms. The van der Waals surface area contributed by atoms with E-state index in [1.165, 1.54) is 36.4 Å². The summed E-state index contributed by atoms with van der Waals surface area (Å²) in [5.41, 5.74) is 1.69. The molecule has 0 aliphatic rings. The van der Waals surface area contributed by atoms with Gasteiger partial charge in [-0.15, -0.1) is 0 Å². The Morgan fingerprint density at radius 2 is 1.68 bits per heavy atom. The molecule has 0 radical (unpaired) electrons. The molecule has 1 N–H and O–H groups in total. The summed E-state index contributed by atoms with van der Waals surface area (Å²) in [4.78, 5) is 23.4. The maximum Gasteiger partial charge on any atom is 0.377 e. The molecular weight excluding hydrogens is 385 g/mol. The Morgan fingerprint density at radius 3 is 2.21 bits per heavy atom. The molecule has 3 rings (SSSR count). The quantitative estimate of drug-likeness (QED) is 0.523. The Morgan fingerprint density at radius 1 is 1.04 bits per heavy atom. The Labute approximate surface area is 160 Å². The summed E-state index contributed by atoms with van der Waals surface area (Å²) in [6.07, 6.45) is 1.09. The van der Waals surface area contributed by atoms with Gasteiger partial charge in [-0.25, -0.2) is 17.6 Å². The SMILES string of the molecule is Cc1c(C(=O)C(=O)O)cc(-c2ccc(S(C)(=O)=O)cc2)n1-c1cccc(F)c1. The van der Waals surface area contributed by atoms with Crippen LogP contribution in [-0.4, -0.2) is 36.1 Å². The fraction of sp³-hybridized carbons (Fsp3) is 0.100. The third-order valence-corrected chi connectivity index (χ3v) is 5.46. The highest BCUT2D eigenvalue weighted by Gasteiger charge is 2.24. The van der Waals surface area contributed by atoms with Crippen LogP contribution in [0, 0.1) is 12.7 Å². The number of Topliss-reactive ketones (excluding diaryl/α,β-unsaturated/α-hetero) is 1. The van der Waals surface area contributed by atoms with Gasteiger partial charge in [0.1, 0.15) is 5.82 Å². The summed E-state index contributed by atoms with van der Waals surface area (Å²) < 4.78 is 38.7. The van der Waals surface area contributed by atoms with Crippen LogP contribution in [0.1, 0.15) is 16.1 Å². The molecule has 0 aliphatic carbocycles. The predicted molar refractivity (Wildman–Crippen MR) is 101 cm³/mol. The highest BCUT2D eigenvalue weighted by Crippen LogP contribution is 2.31. The number of nitrogens with zero attached hydrogens (tertiary/aromatic N) is 1. The van der Waals surface area contributed by atoms with Gasteiger partial charge in [0.15, 0.2) is 9.84 Å². The van der Waals surface area contributed by atoms with Gasteiger partial charge < -0.3 is 9.67 Å². The van der Waals surface area contributed by atoms with Crippen LogP contribution in [0.25, 0.3) is 16.9 Å². The molecule has 0 amide bonds. The first-order valence-electron chi connectivity index (χ1n) is 8.16. The molecule has 1 aromatic heterocycles. The van der Waals surface area contributed by atoms with Crippen molar-refractivity contribution >= 4 is 21.6 Å². The smallest absolute Gasteiger partial charge is 0.377 e. The van der Waals surface area contributed by atoms with E-state index in [2.05, 4.69) is 0 Å². The lowest BCUT2D eigenvalue weighted by Gasteiger charge is -2.13. The minimum Gasteiger partial charge on any atom is -0.475 e. The number of carbonyl (C=O) groups excluding carboxylic acids is 1. The fourth-order valence-corrected chi connectivity index (χ4v) is 3.62. The second kappa shape index (κ2) is 7.05. The number of ketones is 1. The van der Waals surface area contributed by atoms with E-state index >= 15 is 0 Å². The van der Waals surface area contributed by atoms with Gasteiger partial charge >= 0.3 is 5.97 Å². The third-order valence-electron chi connectivity index (χ3n) is 4.33. The number of hydrogen-bond donors (Lipinski definition) is 1. The zero-order valence-electron chi connectivity index (χ0n) is 15.0. The van der Waals surface area contributed by atoms with Crippen LogP contribution in [0.3, 0.4) is 0 Å². The van der Waals surface area contributed by atoms with Crippen LogP contribution in [-0.2, 0) is 14.6 Å². The molecule has 0 unspecified atom stereocenters. The van der Waals surface area contributed by atoms with Gasteiger partial charge in [0.05, 0.1) is 16.2 Å². The molecule has 0 atom stereocenters. The average Bonchev–Trinajstić information content (AvgIpc) is 2.97. The molecular formula is C20H16FNO5S. The molecule has 0 aliphatic heterocycles. The highest BCUT2D eigenvalue weighted by atomic mass is 32.2. The molecule has 0 saturated heterocycles. The summed E-state index contributed by atoms with van der Waals surface area (Å²) in [6, 6.07) is 13.0. The van der Waals surface area contributed by atoms with Crippen LogP contribution < -0.4 is 0 Å². The first kappa shape index (κ1) is 19.5. The largest absolute Gasteiger partial charge is 0.475 e. The topological polar surface area (TPSA) is 93.4 Å². The number of carbonyl (C=O) groups is 2. The van der Waals surface area contributed by atoms with Gasteiger partial charge in [-0.2, -0.15) is 0 Å². The van der Waals surface area contributed by atoms with Gasteiger partial charge in [-0.1, -0.05) is 18.2 Å². The van der Waals surface area contributed by atoms with Crippen molar-refractivity contribution in [2.45, 2.75) is 11.8 Å². The number of benzene rings is 2. The van der Waals surface area contributed by atoms with Crippen LogP contribution in [0.15, 0.2) is 59.5 Å². The molecule has 6 nitrogen and oxygen atoms in total. The molecule has 0 saturated carbocycles. The fourth-order valence-electron chi connectivity index (χ4n) is 2.99. The first-order chi connectivity index (χ1) is 13.1. The van der Waals surface area contributed by atoms with E-state index in [9.17, 15) is 22.4 Å². The Bertz CT molecular complexity index is 1190. The van der Waals surface area contributed by atoms with Crippen LogP contribution in [0.4, 0.5) is 4.39 Å². The summed E-state index contributed by atoms with van der Waals surface area (Å²) in [7, 11) is -3.39. The lowest BCUT2D eigenvalue weighted by molar-refractivity contribution is -0.131. The van der Waals surface area contributed by atoms with Gasteiger partial charge in [0, 0.05) is 17.6 Å². The summed E-state index contributed by atoms with van der Waals surface area (Å²) in [6.45, 7) is 1.56. The van der Waals surface area contributed by atoms with Gasteiger partial charge in [0.2, 0.25) is 0 Å². The zero-order chi connectivity index (χ0) is 20.6. The number of aliphatic carboxylic acids is 1. The number of carboxylic acids is 1. The van der Waals surface area contributed by atoms with Crippen molar-refractivity contribution in [2.75, 3.05) is 6.26 Å². The summed E-state index contributed by atoms with van der Waals surface area (Å²) >= 11 is 0. The number of rotatable bonds is 5. The van der Waals surface area contributed by atoms with Crippen molar-refractivity contribution in [2.24, 2.45) is 0 Å². The van der Waals surface area contributed by atoms with E-state index < -0.39 is 27.4 Å². The zero-order valence-corrected chi connectivity index (χ0v) is 15.8. The molecule has 144 valence electrons. The maximum atomic E-state index is 13.8. The number of aromatic nitrogens is 1. The highest BCUT2D eigenvalue weighted by molar-refractivity contribution is 7.90. The minimum absolute atomic E-state index is 0.0287. The van der Waals surface area contributed by atoms with Crippen LogP contribution in [0.5, 0.6) is 0 Å². The van der Waals surface area contributed by atoms with E-state index in [0.29, 0.717) is 22.6 Å². The molecule has 28 heavy (non-hydrogen) atoms. The predicted octanol–water partition coefficient (Wildman–Crippen LogP) is 3.26. The summed E-state index contributed by atoms with van der Waals surface area (Å²) in [5.74, 6) is -3.17. The Hall–Kier alpha value is -3.26. The minimum atomic E-state index is -3.39. The van der Waals surface area contributed by atoms with E-state index in [1.807, 2.05) is 0 Å². The van der Waals surface area contributed by atoms with Crippen molar-refractivity contribution in [3.8, 4) is 16.9 Å². The molecule has 2 aromatic carbocycles. The van der Waals surface area contributed by atoms with Crippen molar-refractivity contribution in [3.63, 3.8) is 0 Å². The van der Waals surface area contributed by atoms with Crippen molar-refractivity contribution in [1.82, 2.24) is 4.57 Å². The Balaban J connectivity index is 2.26. The molecule has 0 spiro atoms. The molecule has 0 fully saturated rings. The third kappa shape index (κ3) is 3.59. The summed E-state index contributed by atoms with van der Waals surface area (Å²) in [5, 5.41) is 9.09. The van der Waals surface area contributed by atoms with Crippen molar-refractivity contribution in [1.29, 1.82) is 0 Å². The lowest BCUT2D eigenvalue weighted by atomic mass is 10.1. The first-order valence-corrected chi connectivity index (χ1v) is 10.0. The standard InChI is InChI=1S/C20H16FNO5S/c1-12-17(19(23)20(24)25)11-18(22(12)15-5-3-4-14(21)10-15)13-6-8-16(9-7-13)28(2,26)27/h3-11H,1-2H3,(H,24,25). The van der Waals surface area contributed by atoms with Crippen molar-refractivity contribution < 1.29 is 27.5 Å². The number of carboxylic acid groups (broad SMARTS) is 1. The van der Waals surface area contributed by atoms with Gasteiger partial charge in [0.25, 0.3) is 5.78 Å². The second-order valence-corrected chi connectivity index (χ2v) is 8.29. The van der Waals surface area contributed by atoms with Gasteiger partial charge in [-0.05, 0) is 48.9 Å². The number of hydrogen-bond acceptors (Lipinski definition) is 4. The van der Waals surface area contributed by atoms with Crippen LogP contribution >= 0.6 is 0 Å². The van der Waals surface area contributed by atoms with Crippen molar-refractivity contribution in [3.05, 3.63) is 71.7 Å². The van der Waals surface area contributed by atoms with Gasteiger partial charge in [-0.3, -0.25) is 4.79 Å². The lowest BCUT2D eigenvalue weighted by Crippen LogP contribution is -2.13. The number of halogens is 1. The normalized spacial score (nSPS) is 11.4. The van der Waals surface area contributed by atoms with Crippen LogP contribution in [0.2, 0.25) is 0 Å². The Kier molecular flexibility index (Phi) is 4.91. The number of sulfone groups is 1. The van der Waals surface area contributed by atoms with E-state index in [4.69, 9.17) is 5.11 Å². The molecule has 0 bridgehead atoms. The molecule has 3 aromatic rings. The monoisotopic (exact) mass is 401 g/mol. The average molecular weight is 401 g/mol. The second-order valence-electron chi connectivity index (χ2n) is 6.27. The maximum absolute atomic E-state index is 13.8. The molecule has 1 heterocycles. The van der Waals surface area contributed by atoms with E-state index in [-0.39, 0.29) is 10.5 Å². The van der Waals surface area contributed by atoms with E-state index in [0.717, 1.165) is 6.26 Å². The van der Waals surface area contributed by atoms with E-state index in [1.54, 1.807) is 29.7 Å².